The molecule has 0 amide bonds. The Morgan fingerprint density at radius 3 is 2.94 bits per heavy atom. The van der Waals surface area contributed by atoms with Crippen LogP contribution in [0.4, 0.5) is 0 Å². The average Bonchev–Trinajstić information content (AvgIpc) is 2.83. The minimum absolute atomic E-state index is 0.108. The summed E-state index contributed by atoms with van der Waals surface area (Å²) in [5.74, 6) is 1.22. The van der Waals surface area contributed by atoms with Crippen molar-refractivity contribution in [2.75, 3.05) is 13.7 Å². The van der Waals surface area contributed by atoms with Crippen molar-refractivity contribution in [1.82, 2.24) is 0 Å². The van der Waals surface area contributed by atoms with E-state index >= 15 is 0 Å². The molecule has 0 radical (unpaired) electrons. The monoisotopic (exact) mass is 232 g/mol. The van der Waals surface area contributed by atoms with Gasteiger partial charge in [0.15, 0.2) is 0 Å². The second-order valence-electron chi connectivity index (χ2n) is 4.99. The third-order valence-electron chi connectivity index (χ3n) is 4.06. The fourth-order valence-corrected chi connectivity index (χ4v) is 2.87. The molecule has 90 valence electrons. The molecule has 3 heteroatoms. The van der Waals surface area contributed by atoms with Gasteiger partial charge in [0.1, 0.15) is 5.75 Å². The van der Waals surface area contributed by atoms with Crippen LogP contribution in [0.1, 0.15) is 24.5 Å². The molecule has 0 bridgehead atoms. The molecule has 2 aliphatic rings. The Hall–Kier alpha value is -1.51. The Balaban J connectivity index is 2.01. The number of hydrogen-bond acceptors (Lipinski definition) is 3. The highest BCUT2D eigenvalue weighted by Gasteiger charge is 2.59. The summed E-state index contributed by atoms with van der Waals surface area (Å²) >= 11 is 0. The lowest BCUT2D eigenvalue weighted by molar-refractivity contribution is -0.144. The van der Waals surface area contributed by atoms with Crippen LogP contribution in [-0.4, -0.2) is 19.7 Å². The van der Waals surface area contributed by atoms with E-state index in [0.717, 1.165) is 30.8 Å². The lowest BCUT2D eigenvalue weighted by atomic mass is 9.91. The number of methoxy groups -OCH3 is 1. The Kier molecular flexibility index (Phi) is 2.18. The predicted molar refractivity (Wildman–Crippen MR) is 63.1 cm³/mol. The molecule has 17 heavy (non-hydrogen) atoms. The maximum atomic E-state index is 12.0. The normalized spacial score (nSPS) is 29.4. The number of fused-ring (bicyclic) bond motifs is 1. The zero-order valence-electron chi connectivity index (χ0n) is 10.2. The van der Waals surface area contributed by atoms with Crippen molar-refractivity contribution in [2.24, 2.45) is 5.92 Å². The molecule has 3 nitrogen and oxygen atoms in total. The predicted octanol–water partition coefficient (Wildman–Crippen LogP) is 2.07. The van der Waals surface area contributed by atoms with Gasteiger partial charge in [-0.05, 0) is 29.5 Å². The van der Waals surface area contributed by atoms with E-state index in [2.05, 4.69) is 13.0 Å². The molecule has 1 fully saturated rings. The summed E-state index contributed by atoms with van der Waals surface area (Å²) in [7, 11) is 1.46. The van der Waals surface area contributed by atoms with Gasteiger partial charge in [0.25, 0.3) is 0 Å². The van der Waals surface area contributed by atoms with E-state index in [1.54, 1.807) is 0 Å². The van der Waals surface area contributed by atoms with Crippen molar-refractivity contribution in [3.05, 3.63) is 29.3 Å². The van der Waals surface area contributed by atoms with E-state index in [0.29, 0.717) is 5.92 Å². The molecule has 1 saturated carbocycles. The van der Waals surface area contributed by atoms with E-state index in [1.165, 1.54) is 12.7 Å². The number of esters is 1. The van der Waals surface area contributed by atoms with Gasteiger partial charge >= 0.3 is 5.97 Å². The summed E-state index contributed by atoms with van der Waals surface area (Å²) in [5, 5.41) is 0. The van der Waals surface area contributed by atoms with Crippen molar-refractivity contribution in [1.29, 1.82) is 0 Å². The maximum absolute atomic E-state index is 12.0. The van der Waals surface area contributed by atoms with Gasteiger partial charge in [-0.1, -0.05) is 19.1 Å². The molecule has 3 rings (SSSR count). The highest BCUT2D eigenvalue weighted by atomic mass is 16.5. The second kappa shape index (κ2) is 3.49. The highest BCUT2D eigenvalue weighted by Crippen LogP contribution is 2.55. The molecule has 2 unspecified atom stereocenters. The summed E-state index contributed by atoms with van der Waals surface area (Å²) in [6, 6.07) is 6.10. The summed E-state index contributed by atoms with van der Waals surface area (Å²) < 4.78 is 10.4. The zero-order chi connectivity index (χ0) is 12.0. The van der Waals surface area contributed by atoms with Gasteiger partial charge < -0.3 is 9.47 Å². The maximum Gasteiger partial charge on any atom is 0.316 e. The van der Waals surface area contributed by atoms with Crippen LogP contribution < -0.4 is 4.74 Å². The molecule has 0 spiro atoms. The van der Waals surface area contributed by atoms with E-state index in [-0.39, 0.29) is 5.97 Å². The minimum atomic E-state index is -0.396. The first-order valence-electron chi connectivity index (χ1n) is 6.03. The number of carbonyl (C=O) groups excluding carboxylic acids is 1. The quantitative estimate of drug-likeness (QED) is 0.732. The van der Waals surface area contributed by atoms with Crippen LogP contribution in [0.3, 0.4) is 0 Å². The van der Waals surface area contributed by atoms with Crippen molar-refractivity contribution >= 4 is 5.97 Å². The molecular weight excluding hydrogens is 216 g/mol. The fourth-order valence-electron chi connectivity index (χ4n) is 2.87. The summed E-state index contributed by atoms with van der Waals surface area (Å²) in [4.78, 5) is 12.0. The van der Waals surface area contributed by atoms with Crippen molar-refractivity contribution < 1.29 is 14.3 Å². The van der Waals surface area contributed by atoms with Crippen LogP contribution in [0, 0.1) is 5.92 Å². The summed E-state index contributed by atoms with van der Waals surface area (Å²) in [6.07, 6.45) is 1.83. The van der Waals surface area contributed by atoms with Crippen LogP contribution in [0.2, 0.25) is 0 Å². The van der Waals surface area contributed by atoms with Gasteiger partial charge in [-0.25, -0.2) is 0 Å². The third kappa shape index (κ3) is 1.38. The Labute approximate surface area is 101 Å². The van der Waals surface area contributed by atoms with Gasteiger partial charge in [-0.3, -0.25) is 4.79 Å². The number of hydrogen-bond donors (Lipinski definition) is 0. The molecule has 1 aliphatic heterocycles. The first-order valence-corrected chi connectivity index (χ1v) is 6.03. The van der Waals surface area contributed by atoms with Gasteiger partial charge in [-0.2, -0.15) is 0 Å². The van der Waals surface area contributed by atoms with E-state index in [9.17, 15) is 4.79 Å². The Bertz CT molecular complexity index is 480. The van der Waals surface area contributed by atoms with Crippen LogP contribution in [-0.2, 0) is 21.4 Å². The second-order valence-corrected chi connectivity index (χ2v) is 4.99. The number of ether oxygens (including phenoxy) is 2. The van der Waals surface area contributed by atoms with E-state index in [4.69, 9.17) is 9.47 Å². The van der Waals surface area contributed by atoms with Gasteiger partial charge in [0, 0.05) is 6.42 Å². The lowest BCUT2D eigenvalue weighted by Gasteiger charge is -2.15. The minimum Gasteiger partial charge on any atom is -0.493 e. The van der Waals surface area contributed by atoms with Crippen LogP contribution >= 0.6 is 0 Å². The van der Waals surface area contributed by atoms with Crippen molar-refractivity contribution in [3.8, 4) is 5.75 Å². The standard InChI is InChI=1S/C14H16O3/c1-9-8-14(9,13(15)16-2)11-3-4-12-10(7-11)5-6-17-12/h3-4,7,9H,5-6,8H2,1-2H3. The Morgan fingerprint density at radius 1 is 1.53 bits per heavy atom. The zero-order valence-corrected chi connectivity index (χ0v) is 10.2. The smallest absolute Gasteiger partial charge is 0.316 e. The molecule has 0 saturated heterocycles. The fraction of sp³-hybridized carbons (Fsp3) is 0.500. The first kappa shape index (κ1) is 10.6. The number of rotatable bonds is 2. The molecular formula is C14H16O3. The molecule has 1 heterocycles. The largest absolute Gasteiger partial charge is 0.493 e. The molecule has 0 aromatic heterocycles. The van der Waals surface area contributed by atoms with Crippen molar-refractivity contribution in [3.63, 3.8) is 0 Å². The van der Waals surface area contributed by atoms with E-state index < -0.39 is 5.41 Å². The number of carbonyl (C=O) groups is 1. The van der Waals surface area contributed by atoms with Crippen LogP contribution in [0.5, 0.6) is 5.75 Å². The topological polar surface area (TPSA) is 35.5 Å². The van der Waals surface area contributed by atoms with Crippen LogP contribution in [0.15, 0.2) is 18.2 Å². The SMILES string of the molecule is COC(=O)C1(c2ccc3c(c2)CCO3)CC1C. The van der Waals surface area contributed by atoms with Crippen LogP contribution in [0.25, 0.3) is 0 Å². The number of benzene rings is 1. The summed E-state index contributed by atoms with van der Waals surface area (Å²) in [6.45, 7) is 2.85. The first-order chi connectivity index (χ1) is 8.18. The molecule has 2 atom stereocenters. The molecule has 1 aromatic carbocycles. The lowest BCUT2D eigenvalue weighted by Crippen LogP contribution is -2.24. The molecule has 1 aromatic rings. The average molecular weight is 232 g/mol. The molecule has 0 N–H and O–H groups in total. The highest BCUT2D eigenvalue weighted by molar-refractivity contribution is 5.87. The third-order valence-corrected chi connectivity index (χ3v) is 4.06. The van der Waals surface area contributed by atoms with Gasteiger partial charge in [0.2, 0.25) is 0 Å². The molecule has 1 aliphatic carbocycles. The van der Waals surface area contributed by atoms with Gasteiger partial charge in [0.05, 0.1) is 19.1 Å². The van der Waals surface area contributed by atoms with Gasteiger partial charge in [-0.15, -0.1) is 0 Å². The van der Waals surface area contributed by atoms with E-state index in [1.807, 2.05) is 12.1 Å². The Morgan fingerprint density at radius 2 is 2.29 bits per heavy atom. The summed E-state index contributed by atoms with van der Waals surface area (Å²) in [5.41, 5.74) is 1.90. The van der Waals surface area contributed by atoms with Crippen molar-refractivity contribution in [2.45, 2.75) is 25.2 Å².